The normalized spacial score (nSPS) is 16.5. The van der Waals surface area contributed by atoms with Crippen LogP contribution in [0.1, 0.15) is 92.2 Å². The molecule has 35 heavy (non-hydrogen) atoms. The Balaban J connectivity index is 2.93. The maximum absolute atomic E-state index is 12.4. The molecule has 0 spiro atoms. The molecule has 1 rings (SSSR count). The molecule has 0 aromatic heterocycles. The maximum Gasteiger partial charge on any atom is 0.222 e. The molecule has 1 unspecified atom stereocenters. The molecule has 202 valence electrons. The molecule has 0 radical (unpaired) electrons. The number of unbranched alkanes of at least 4 members (excludes halogenated alkanes) is 1. The Morgan fingerprint density at radius 3 is 2.40 bits per heavy atom. The SMILES string of the molecule is CCCCNC(=O)C(C)C[C@](C)(O)[C@@H](N)C[C@H](Cc1ccc(C(C)(C)C)c(OCSC)c1)C(C)C. The van der Waals surface area contributed by atoms with Gasteiger partial charge in [-0.1, -0.05) is 67.0 Å². The summed E-state index contributed by atoms with van der Waals surface area (Å²) in [6.07, 6.45) is 5.96. The van der Waals surface area contributed by atoms with Gasteiger partial charge in [-0.3, -0.25) is 4.79 Å². The smallest absolute Gasteiger partial charge is 0.222 e. The van der Waals surface area contributed by atoms with E-state index in [0.29, 0.717) is 37.2 Å². The van der Waals surface area contributed by atoms with Gasteiger partial charge in [-0.05, 0) is 73.3 Å². The van der Waals surface area contributed by atoms with Gasteiger partial charge >= 0.3 is 0 Å². The molecule has 1 aromatic rings. The zero-order valence-electron chi connectivity index (χ0n) is 23.7. The van der Waals surface area contributed by atoms with Crippen molar-refractivity contribution >= 4 is 17.7 Å². The van der Waals surface area contributed by atoms with Crippen LogP contribution >= 0.6 is 11.8 Å². The van der Waals surface area contributed by atoms with Crippen LogP contribution in [0.4, 0.5) is 0 Å². The first-order valence-electron chi connectivity index (χ1n) is 13.2. The summed E-state index contributed by atoms with van der Waals surface area (Å²) in [5, 5.41) is 14.2. The number of amides is 1. The molecule has 4 N–H and O–H groups in total. The van der Waals surface area contributed by atoms with E-state index in [2.05, 4.69) is 65.1 Å². The van der Waals surface area contributed by atoms with E-state index in [4.69, 9.17) is 10.5 Å². The van der Waals surface area contributed by atoms with E-state index in [1.54, 1.807) is 18.7 Å². The van der Waals surface area contributed by atoms with Crippen LogP contribution in [0.15, 0.2) is 18.2 Å². The highest BCUT2D eigenvalue weighted by Gasteiger charge is 2.35. The summed E-state index contributed by atoms with van der Waals surface area (Å²) in [4.78, 5) is 12.4. The van der Waals surface area contributed by atoms with E-state index >= 15 is 0 Å². The first kappa shape index (κ1) is 31.8. The Morgan fingerprint density at radius 1 is 1.20 bits per heavy atom. The Kier molecular flexibility index (Phi) is 13.2. The highest BCUT2D eigenvalue weighted by atomic mass is 32.2. The van der Waals surface area contributed by atoms with Crippen molar-refractivity contribution in [2.75, 3.05) is 18.7 Å². The molecule has 0 aliphatic carbocycles. The van der Waals surface area contributed by atoms with Crippen molar-refractivity contribution in [3.63, 3.8) is 0 Å². The maximum atomic E-state index is 12.4. The molecule has 1 amide bonds. The fourth-order valence-corrected chi connectivity index (χ4v) is 4.70. The molecule has 6 heteroatoms. The number of nitrogens with two attached hydrogens (primary N) is 1. The standard InChI is InChI=1S/C29H52N2O3S/c1-10-11-14-31-27(32)21(4)18-29(8,33)26(30)17-23(20(2)3)15-22-12-13-24(28(5,6)7)25(16-22)34-19-35-9/h12-13,16,20-21,23,26,33H,10-11,14-15,17-19,30H2,1-9H3,(H,31,32)/t21?,23-,26-,29-/m0/s1. The zero-order valence-corrected chi connectivity index (χ0v) is 24.6. The molecule has 1 aromatic carbocycles. The molecule has 4 atom stereocenters. The summed E-state index contributed by atoms with van der Waals surface area (Å²) >= 11 is 1.67. The van der Waals surface area contributed by atoms with Gasteiger partial charge in [0.2, 0.25) is 5.91 Å². The fraction of sp³-hybridized carbons (Fsp3) is 0.759. The number of aliphatic hydroxyl groups is 1. The predicted molar refractivity (Wildman–Crippen MR) is 151 cm³/mol. The largest absolute Gasteiger partial charge is 0.483 e. The van der Waals surface area contributed by atoms with Crippen molar-refractivity contribution in [3.8, 4) is 5.75 Å². The van der Waals surface area contributed by atoms with Crippen molar-refractivity contribution in [1.29, 1.82) is 0 Å². The fourth-order valence-electron chi connectivity index (χ4n) is 4.46. The van der Waals surface area contributed by atoms with Gasteiger partial charge in [0.15, 0.2) is 0 Å². The summed E-state index contributed by atoms with van der Waals surface area (Å²) in [5.41, 5.74) is 7.91. The summed E-state index contributed by atoms with van der Waals surface area (Å²) in [6, 6.07) is 6.16. The molecular weight excluding hydrogens is 456 g/mol. The second kappa shape index (κ2) is 14.5. The predicted octanol–water partition coefficient (Wildman–Crippen LogP) is 5.91. The van der Waals surface area contributed by atoms with E-state index in [9.17, 15) is 9.90 Å². The average Bonchev–Trinajstić information content (AvgIpc) is 2.76. The number of carbonyl (C=O) groups is 1. The van der Waals surface area contributed by atoms with Crippen LogP contribution in [-0.2, 0) is 16.6 Å². The van der Waals surface area contributed by atoms with Crippen molar-refractivity contribution < 1.29 is 14.6 Å². The Hall–Kier alpha value is -1.24. The van der Waals surface area contributed by atoms with Crippen LogP contribution in [0.5, 0.6) is 5.75 Å². The van der Waals surface area contributed by atoms with Gasteiger partial charge in [-0.25, -0.2) is 0 Å². The van der Waals surface area contributed by atoms with Crippen LogP contribution in [0.25, 0.3) is 0 Å². The molecule has 0 bridgehead atoms. The monoisotopic (exact) mass is 508 g/mol. The second-order valence-electron chi connectivity index (χ2n) is 11.8. The quantitative estimate of drug-likeness (QED) is 0.203. The van der Waals surface area contributed by atoms with Crippen LogP contribution < -0.4 is 15.8 Å². The molecule has 0 saturated heterocycles. The molecule has 5 nitrogen and oxygen atoms in total. The third-order valence-corrected chi connectivity index (χ3v) is 7.33. The number of nitrogens with one attached hydrogen (secondary N) is 1. The lowest BCUT2D eigenvalue weighted by molar-refractivity contribution is -0.127. The van der Waals surface area contributed by atoms with Crippen LogP contribution in [0.2, 0.25) is 0 Å². The van der Waals surface area contributed by atoms with E-state index in [0.717, 1.165) is 25.0 Å². The number of rotatable bonds is 15. The van der Waals surface area contributed by atoms with Crippen LogP contribution in [0.3, 0.4) is 0 Å². The topological polar surface area (TPSA) is 84.6 Å². The highest BCUT2D eigenvalue weighted by Crippen LogP contribution is 2.35. The van der Waals surface area contributed by atoms with E-state index in [1.807, 2.05) is 13.2 Å². The van der Waals surface area contributed by atoms with Gasteiger partial charge in [-0.2, -0.15) is 0 Å². The molecule has 0 aliphatic rings. The zero-order chi connectivity index (χ0) is 26.8. The van der Waals surface area contributed by atoms with Crippen LogP contribution in [-0.4, -0.2) is 41.4 Å². The average molecular weight is 509 g/mol. The number of thioether (sulfide) groups is 1. The minimum Gasteiger partial charge on any atom is -0.483 e. The van der Waals surface area contributed by atoms with Crippen molar-refractivity contribution in [3.05, 3.63) is 29.3 Å². The number of carbonyl (C=O) groups excluding carboxylic acids is 1. The molecule has 0 saturated carbocycles. The number of hydrogen-bond acceptors (Lipinski definition) is 5. The lowest BCUT2D eigenvalue weighted by atomic mass is 9.77. The van der Waals surface area contributed by atoms with Crippen molar-refractivity contribution in [2.24, 2.45) is 23.5 Å². The third-order valence-electron chi connectivity index (χ3n) is 6.98. The Labute approximate surface area is 219 Å². The number of hydrogen-bond donors (Lipinski definition) is 3. The van der Waals surface area contributed by atoms with E-state index in [1.165, 1.54) is 11.1 Å². The second-order valence-corrected chi connectivity index (χ2v) is 12.6. The minimum absolute atomic E-state index is 0.00427. The third kappa shape index (κ3) is 10.7. The molecule has 0 aliphatic heterocycles. The first-order valence-corrected chi connectivity index (χ1v) is 14.6. The van der Waals surface area contributed by atoms with Gasteiger partial charge in [0, 0.05) is 18.5 Å². The van der Waals surface area contributed by atoms with E-state index in [-0.39, 0.29) is 17.2 Å². The molecule has 0 fully saturated rings. The Morgan fingerprint density at radius 2 is 1.86 bits per heavy atom. The van der Waals surface area contributed by atoms with Gasteiger partial charge in [0.25, 0.3) is 0 Å². The molecule has 0 heterocycles. The number of ether oxygens (including phenoxy) is 1. The molecular formula is C29H52N2O3S. The van der Waals surface area contributed by atoms with Gasteiger partial charge in [0.1, 0.15) is 11.7 Å². The van der Waals surface area contributed by atoms with Crippen LogP contribution in [0, 0.1) is 17.8 Å². The van der Waals surface area contributed by atoms with E-state index < -0.39 is 11.6 Å². The summed E-state index contributed by atoms with van der Waals surface area (Å²) in [6.45, 7) is 17.5. The van der Waals surface area contributed by atoms with Gasteiger partial charge < -0.3 is 20.9 Å². The summed E-state index contributed by atoms with van der Waals surface area (Å²) in [7, 11) is 0. The Bertz CT molecular complexity index is 774. The number of benzene rings is 1. The first-order chi connectivity index (χ1) is 16.2. The van der Waals surface area contributed by atoms with Crippen molar-refractivity contribution in [1.82, 2.24) is 5.32 Å². The van der Waals surface area contributed by atoms with Gasteiger partial charge in [-0.15, -0.1) is 11.8 Å². The summed E-state index contributed by atoms with van der Waals surface area (Å²) in [5.74, 6) is 1.99. The highest BCUT2D eigenvalue weighted by molar-refractivity contribution is 7.98. The lowest BCUT2D eigenvalue weighted by Crippen LogP contribution is -2.49. The van der Waals surface area contributed by atoms with Gasteiger partial charge in [0.05, 0.1) is 5.60 Å². The summed E-state index contributed by atoms with van der Waals surface area (Å²) < 4.78 is 6.09. The van der Waals surface area contributed by atoms with Crippen molar-refractivity contribution in [2.45, 2.75) is 105 Å². The lowest BCUT2D eigenvalue weighted by Gasteiger charge is -2.35. The minimum atomic E-state index is -1.11.